The number of nitrogens with one attached hydrogen (secondary N) is 1. The Morgan fingerprint density at radius 1 is 1.60 bits per heavy atom. The molecule has 1 aliphatic rings. The van der Waals surface area contributed by atoms with Gasteiger partial charge < -0.3 is 5.32 Å². The van der Waals surface area contributed by atoms with E-state index in [4.69, 9.17) is 11.6 Å². The highest BCUT2D eigenvalue weighted by Crippen LogP contribution is 2.12. The number of nitrogens with zero attached hydrogens (tertiary/aromatic N) is 2. The molecule has 0 spiro atoms. The van der Waals surface area contributed by atoms with E-state index in [-0.39, 0.29) is 0 Å². The first kappa shape index (κ1) is 10.9. The molecule has 82 valence electrons. The molecule has 1 aliphatic heterocycles. The minimum atomic E-state index is 0.559. The van der Waals surface area contributed by atoms with Gasteiger partial charge in [-0.1, -0.05) is 17.7 Å². The van der Waals surface area contributed by atoms with Crippen LogP contribution < -0.4 is 5.32 Å². The highest BCUT2D eigenvalue weighted by molar-refractivity contribution is 6.29. The van der Waals surface area contributed by atoms with Gasteiger partial charge in [0.05, 0.1) is 0 Å². The quantitative estimate of drug-likeness (QED) is 0.791. The highest BCUT2D eigenvalue weighted by Gasteiger charge is 2.18. The molecule has 1 atom stereocenters. The molecule has 1 aromatic rings. The molecule has 0 amide bonds. The van der Waals surface area contributed by atoms with E-state index in [1.807, 2.05) is 18.3 Å². The summed E-state index contributed by atoms with van der Waals surface area (Å²) in [6.45, 7) is 3.17. The van der Waals surface area contributed by atoms with Crippen LogP contribution in [0.4, 0.5) is 0 Å². The summed E-state index contributed by atoms with van der Waals surface area (Å²) in [5.41, 5.74) is 1.22. The number of hydrogen-bond acceptors (Lipinski definition) is 3. The number of aromatic nitrogens is 1. The monoisotopic (exact) mass is 225 g/mol. The lowest BCUT2D eigenvalue weighted by molar-refractivity contribution is 0.248. The van der Waals surface area contributed by atoms with Gasteiger partial charge in [-0.15, -0.1) is 0 Å². The van der Waals surface area contributed by atoms with E-state index >= 15 is 0 Å². The number of pyridine rings is 1. The predicted molar refractivity (Wildman–Crippen MR) is 62.0 cm³/mol. The van der Waals surface area contributed by atoms with Gasteiger partial charge in [0.2, 0.25) is 0 Å². The zero-order valence-electron chi connectivity index (χ0n) is 8.91. The second-order valence-corrected chi connectivity index (χ2v) is 4.44. The third-order valence-corrected chi connectivity index (χ3v) is 3.10. The zero-order chi connectivity index (χ0) is 10.7. The van der Waals surface area contributed by atoms with Crippen LogP contribution in [0.3, 0.4) is 0 Å². The van der Waals surface area contributed by atoms with Gasteiger partial charge in [-0.05, 0) is 31.6 Å². The molecule has 2 heterocycles. The fourth-order valence-electron chi connectivity index (χ4n) is 1.93. The lowest BCUT2D eigenvalue weighted by Crippen LogP contribution is -2.32. The first-order valence-electron chi connectivity index (χ1n) is 5.27. The molecule has 1 saturated heterocycles. The van der Waals surface area contributed by atoms with E-state index in [9.17, 15) is 0 Å². The molecule has 0 aliphatic carbocycles. The van der Waals surface area contributed by atoms with Crippen molar-refractivity contribution in [1.29, 1.82) is 0 Å². The smallest absolute Gasteiger partial charge is 0.129 e. The van der Waals surface area contributed by atoms with E-state index in [0.717, 1.165) is 19.6 Å². The van der Waals surface area contributed by atoms with Crippen molar-refractivity contribution in [1.82, 2.24) is 15.2 Å². The van der Waals surface area contributed by atoms with Gasteiger partial charge in [-0.2, -0.15) is 0 Å². The average molecular weight is 226 g/mol. The maximum atomic E-state index is 5.74. The Hall–Kier alpha value is -0.640. The highest BCUT2D eigenvalue weighted by atomic mass is 35.5. The molecule has 1 N–H and O–H groups in total. The minimum absolute atomic E-state index is 0.559. The first-order chi connectivity index (χ1) is 7.25. The molecule has 15 heavy (non-hydrogen) atoms. The van der Waals surface area contributed by atoms with Gasteiger partial charge in [-0.25, -0.2) is 4.98 Å². The van der Waals surface area contributed by atoms with Crippen LogP contribution >= 0.6 is 11.6 Å². The SMILES string of the molecule is CN(Cc1ccc(Cl)nc1)[C@H]1CCNC1. The lowest BCUT2D eigenvalue weighted by atomic mass is 10.2. The molecule has 0 bridgehead atoms. The van der Waals surface area contributed by atoms with Crippen LogP contribution in [0.15, 0.2) is 18.3 Å². The Morgan fingerprint density at radius 3 is 3.07 bits per heavy atom. The van der Waals surface area contributed by atoms with Crippen LogP contribution in [0.5, 0.6) is 0 Å². The summed E-state index contributed by atoms with van der Waals surface area (Å²) in [7, 11) is 2.16. The van der Waals surface area contributed by atoms with Gasteiger partial charge in [0.1, 0.15) is 5.15 Å². The number of hydrogen-bond donors (Lipinski definition) is 1. The molecular weight excluding hydrogens is 210 g/mol. The van der Waals surface area contributed by atoms with E-state index in [2.05, 4.69) is 22.2 Å². The Bertz CT molecular complexity index is 306. The van der Waals surface area contributed by atoms with Crippen LogP contribution in [-0.4, -0.2) is 36.1 Å². The van der Waals surface area contributed by atoms with E-state index < -0.39 is 0 Å². The largest absolute Gasteiger partial charge is 0.315 e. The summed E-state index contributed by atoms with van der Waals surface area (Å²) in [5, 5.41) is 3.93. The first-order valence-corrected chi connectivity index (χ1v) is 5.65. The van der Waals surface area contributed by atoms with Crippen LogP contribution in [0, 0.1) is 0 Å². The normalized spacial score (nSPS) is 21.1. The van der Waals surface area contributed by atoms with E-state index in [0.29, 0.717) is 11.2 Å². The third kappa shape index (κ3) is 2.91. The Morgan fingerprint density at radius 2 is 2.47 bits per heavy atom. The van der Waals surface area contributed by atoms with Crippen molar-refractivity contribution in [2.45, 2.75) is 19.0 Å². The maximum absolute atomic E-state index is 5.74. The van der Waals surface area contributed by atoms with Crippen LogP contribution in [0.1, 0.15) is 12.0 Å². The number of rotatable bonds is 3. The molecule has 3 nitrogen and oxygen atoms in total. The van der Waals surface area contributed by atoms with Crippen molar-refractivity contribution in [3.05, 3.63) is 29.0 Å². The number of likely N-dealkylation sites (N-methyl/N-ethyl adjacent to an activating group) is 1. The third-order valence-electron chi connectivity index (χ3n) is 2.88. The molecule has 4 heteroatoms. The average Bonchev–Trinajstić information content (AvgIpc) is 2.74. The summed E-state index contributed by atoms with van der Waals surface area (Å²) in [6.07, 6.45) is 3.08. The fourth-order valence-corrected chi connectivity index (χ4v) is 2.04. The summed E-state index contributed by atoms with van der Waals surface area (Å²) in [4.78, 5) is 6.45. The molecule has 0 saturated carbocycles. The summed E-state index contributed by atoms with van der Waals surface area (Å²) < 4.78 is 0. The summed E-state index contributed by atoms with van der Waals surface area (Å²) >= 11 is 5.74. The van der Waals surface area contributed by atoms with Crippen molar-refractivity contribution in [3.63, 3.8) is 0 Å². The van der Waals surface area contributed by atoms with Gasteiger partial charge in [0.15, 0.2) is 0 Å². The molecular formula is C11H16ClN3. The van der Waals surface area contributed by atoms with Crippen molar-refractivity contribution >= 4 is 11.6 Å². The Balaban J connectivity index is 1.92. The van der Waals surface area contributed by atoms with E-state index in [1.165, 1.54) is 12.0 Å². The fraction of sp³-hybridized carbons (Fsp3) is 0.545. The van der Waals surface area contributed by atoms with Crippen molar-refractivity contribution in [3.8, 4) is 0 Å². The van der Waals surface area contributed by atoms with Gasteiger partial charge in [0, 0.05) is 25.3 Å². The molecule has 0 radical (unpaired) electrons. The van der Waals surface area contributed by atoms with Gasteiger partial charge in [-0.3, -0.25) is 4.90 Å². The van der Waals surface area contributed by atoms with Crippen molar-refractivity contribution in [2.75, 3.05) is 20.1 Å². The van der Waals surface area contributed by atoms with Crippen LogP contribution in [0.25, 0.3) is 0 Å². The second kappa shape index (κ2) is 4.92. The Labute approximate surface area is 95.4 Å². The van der Waals surface area contributed by atoms with Crippen molar-refractivity contribution in [2.24, 2.45) is 0 Å². The second-order valence-electron chi connectivity index (χ2n) is 4.05. The molecule has 0 aromatic carbocycles. The standard InChI is InChI=1S/C11H16ClN3/c1-15(10-4-5-13-7-10)8-9-2-3-11(12)14-6-9/h2-3,6,10,13H,4-5,7-8H2,1H3/t10-/m0/s1. The summed E-state index contributed by atoms with van der Waals surface area (Å²) in [6, 6.07) is 4.53. The van der Waals surface area contributed by atoms with E-state index in [1.54, 1.807) is 0 Å². The topological polar surface area (TPSA) is 28.2 Å². The van der Waals surface area contributed by atoms with Crippen LogP contribution in [0.2, 0.25) is 5.15 Å². The maximum Gasteiger partial charge on any atom is 0.129 e. The molecule has 1 fully saturated rings. The van der Waals surface area contributed by atoms with Gasteiger partial charge >= 0.3 is 0 Å². The molecule has 2 rings (SSSR count). The zero-order valence-corrected chi connectivity index (χ0v) is 9.67. The predicted octanol–water partition coefficient (Wildman–Crippen LogP) is 1.53. The molecule has 0 unspecified atom stereocenters. The van der Waals surface area contributed by atoms with Crippen LogP contribution in [-0.2, 0) is 6.54 Å². The minimum Gasteiger partial charge on any atom is -0.315 e. The Kier molecular flexibility index (Phi) is 3.57. The van der Waals surface area contributed by atoms with Crippen molar-refractivity contribution < 1.29 is 0 Å². The molecule has 1 aromatic heterocycles. The number of halogens is 1. The lowest BCUT2D eigenvalue weighted by Gasteiger charge is -2.23. The van der Waals surface area contributed by atoms with Gasteiger partial charge in [0.25, 0.3) is 0 Å². The summed E-state index contributed by atoms with van der Waals surface area (Å²) in [5.74, 6) is 0.